The lowest BCUT2D eigenvalue weighted by atomic mass is 9.97. The monoisotopic (exact) mass is 877 g/mol. The Balaban J connectivity index is 0.814. The van der Waals surface area contributed by atoms with Crippen LogP contribution in [0, 0.1) is 11.3 Å². The van der Waals surface area contributed by atoms with E-state index < -0.39 is 0 Å². The van der Waals surface area contributed by atoms with Crippen LogP contribution in [0.2, 0.25) is 0 Å². The van der Waals surface area contributed by atoms with E-state index >= 15 is 0 Å². The van der Waals surface area contributed by atoms with Crippen LogP contribution in [0.5, 0.6) is 11.5 Å². The van der Waals surface area contributed by atoms with E-state index in [0.29, 0.717) is 5.56 Å². The maximum Gasteiger partial charge on any atom is 0.119 e. The van der Waals surface area contributed by atoms with Crippen molar-refractivity contribution in [2.24, 2.45) is 0 Å². The summed E-state index contributed by atoms with van der Waals surface area (Å²) < 4.78 is 11.0. The van der Waals surface area contributed by atoms with Gasteiger partial charge in [0.05, 0.1) is 37.6 Å². The number of benzene rings is 10. The second-order valence-corrected chi connectivity index (χ2v) is 17.1. The molecule has 1 aliphatic heterocycles. The Morgan fingerprint density at radius 1 is 0.471 bits per heavy atom. The number of hydrogen-bond acceptors (Lipinski definition) is 5. The fourth-order valence-corrected chi connectivity index (χ4v) is 9.69. The number of rotatable bonds is 12. The van der Waals surface area contributed by atoms with Crippen LogP contribution in [-0.4, -0.2) is 14.2 Å². The zero-order chi connectivity index (χ0) is 46.0. The van der Waals surface area contributed by atoms with Crippen molar-refractivity contribution in [1.82, 2.24) is 0 Å². The quantitative estimate of drug-likeness (QED) is 0.0904. The molecule has 10 aromatic carbocycles. The normalized spacial score (nSPS) is 14.5. The number of methoxy groups -OCH3 is 2. The molecule has 0 aromatic heterocycles. The first kappa shape index (κ1) is 41.8. The average molecular weight is 878 g/mol. The van der Waals surface area contributed by atoms with Crippen LogP contribution in [0.4, 0.5) is 22.7 Å². The van der Waals surface area contributed by atoms with Crippen molar-refractivity contribution in [3.8, 4) is 17.6 Å². The zero-order valence-electron chi connectivity index (χ0n) is 37.8. The van der Waals surface area contributed by atoms with Gasteiger partial charge in [0.15, 0.2) is 0 Å². The summed E-state index contributed by atoms with van der Waals surface area (Å²) in [6, 6.07) is 77.6. The number of hydrogen-bond donors (Lipinski definition) is 0. The summed E-state index contributed by atoms with van der Waals surface area (Å²) in [6.45, 7) is 0. The van der Waals surface area contributed by atoms with Crippen LogP contribution < -0.4 is 19.3 Å². The van der Waals surface area contributed by atoms with Gasteiger partial charge in [0.2, 0.25) is 0 Å². The Morgan fingerprint density at radius 2 is 1.03 bits per heavy atom. The van der Waals surface area contributed by atoms with Crippen molar-refractivity contribution in [3.05, 3.63) is 251 Å². The highest BCUT2D eigenvalue weighted by Gasteiger charge is 2.50. The first-order valence-electron chi connectivity index (χ1n) is 22.9. The molecule has 0 radical (unpaired) electrons. The van der Waals surface area contributed by atoms with E-state index in [0.717, 1.165) is 61.6 Å². The second-order valence-electron chi connectivity index (χ2n) is 17.1. The van der Waals surface area contributed by atoms with Gasteiger partial charge in [-0.1, -0.05) is 164 Å². The van der Waals surface area contributed by atoms with E-state index in [1.807, 2.05) is 30.3 Å². The number of fused-ring (bicyclic) bond motifs is 3. The Bertz CT molecular complexity index is 3540. The summed E-state index contributed by atoms with van der Waals surface area (Å²) in [5, 5.41) is 17.3. The number of ether oxygens (including phenoxy) is 2. The van der Waals surface area contributed by atoms with Gasteiger partial charge in [0, 0.05) is 27.8 Å². The Morgan fingerprint density at radius 3 is 1.72 bits per heavy atom. The highest BCUT2D eigenvalue weighted by atomic mass is 16.5. The van der Waals surface area contributed by atoms with E-state index in [-0.39, 0.29) is 12.1 Å². The lowest BCUT2D eigenvalue weighted by Crippen LogP contribution is -2.10. The molecule has 68 heavy (non-hydrogen) atoms. The maximum atomic E-state index is 10.4. The largest absolute Gasteiger partial charge is 0.497 e. The highest BCUT2D eigenvalue weighted by Crippen LogP contribution is 2.58. The lowest BCUT2D eigenvalue weighted by molar-refractivity contribution is 0.414. The molecule has 5 heteroatoms. The third-order valence-corrected chi connectivity index (χ3v) is 13.2. The summed E-state index contributed by atoms with van der Waals surface area (Å²) in [4.78, 5) is 4.79. The highest BCUT2D eigenvalue weighted by molar-refractivity contribution is 5.99. The first-order valence-corrected chi connectivity index (χ1v) is 22.9. The molecule has 0 amide bonds. The lowest BCUT2D eigenvalue weighted by Gasteiger charge is -2.27. The fraction of sp³-hybridized carbons (Fsp3) is 0.0635. The number of nitriles is 1. The molecule has 10 aromatic rings. The molecular formula is C63H47N3O2. The molecule has 11 rings (SSSR count). The Hall–Kier alpha value is -8.85. The minimum absolute atomic E-state index is 0.205. The van der Waals surface area contributed by atoms with E-state index in [9.17, 15) is 5.26 Å². The molecule has 1 heterocycles. The SMILES string of the molecule is COc1ccc(C2C(c3cccc4ccccc34)N2c2ccc(/C=C/c3ccc4cc(/C=C\c5ccc(N(c6ccc(OC)cc6)c6cccc7ccccc67)cc5)ccc4c3C#N)cc2)cc1. The molecule has 2 unspecified atom stereocenters. The van der Waals surface area contributed by atoms with Gasteiger partial charge in [-0.2, -0.15) is 5.26 Å². The Kier molecular flexibility index (Phi) is 11.2. The van der Waals surface area contributed by atoms with Crippen LogP contribution in [0.1, 0.15) is 51.0 Å². The molecule has 0 bridgehead atoms. The zero-order valence-corrected chi connectivity index (χ0v) is 37.8. The number of nitrogens with zero attached hydrogens (tertiary/aromatic N) is 3. The van der Waals surface area contributed by atoms with Gasteiger partial charge in [-0.05, 0) is 128 Å². The summed E-state index contributed by atoms with van der Waals surface area (Å²) >= 11 is 0. The van der Waals surface area contributed by atoms with Gasteiger partial charge in [0.1, 0.15) is 17.6 Å². The van der Waals surface area contributed by atoms with Crippen molar-refractivity contribution < 1.29 is 9.47 Å². The maximum absolute atomic E-state index is 10.4. The predicted molar refractivity (Wildman–Crippen MR) is 283 cm³/mol. The molecule has 5 nitrogen and oxygen atoms in total. The summed E-state index contributed by atoms with van der Waals surface area (Å²) in [5.41, 5.74) is 11.7. The molecule has 0 spiro atoms. The van der Waals surface area contributed by atoms with Gasteiger partial charge in [-0.15, -0.1) is 0 Å². The third-order valence-electron chi connectivity index (χ3n) is 13.2. The van der Waals surface area contributed by atoms with Crippen molar-refractivity contribution in [2.45, 2.75) is 12.1 Å². The topological polar surface area (TPSA) is 48.5 Å². The molecule has 0 aliphatic carbocycles. The molecule has 1 aliphatic rings. The third kappa shape index (κ3) is 8.10. The van der Waals surface area contributed by atoms with E-state index in [1.54, 1.807) is 14.2 Å². The summed E-state index contributed by atoms with van der Waals surface area (Å²) in [7, 11) is 3.40. The second kappa shape index (κ2) is 18.2. The Labute approximate surface area is 397 Å². The van der Waals surface area contributed by atoms with Crippen LogP contribution in [0.3, 0.4) is 0 Å². The first-order chi connectivity index (χ1) is 33.6. The van der Waals surface area contributed by atoms with Crippen molar-refractivity contribution in [3.63, 3.8) is 0 Å². The number of anilines is 4. The minimum Gasteiger partial charge on any atom is -0.497 e. The summed E-state index contributed by atoms with van der Waals surface area (Å²) in [6.07, 6.45) is 8.41. The minimum atomic E-state index is 0.205. The van der Waals surface area contributed by atoms with Crippen LogP contribution in [0.25, 0.3) is 56.6 Å². The summed E-state index contributed by atoms with van der Waals surface area (Å²) in [5.74, 6) is 1.67. The fourth-order valence-electron chi connectivity index (χ4n) is 9.69. The van der Waals surface area contributed by atoms with Gasteiger partial charge < -0.3 is 19.3 Å². The van der Waals surface area contributed by atoms with Crippen LogP contribution in [0.15, 0.2) is 212 Å². The van der Waals surface area contributed by atoms with E-state index in [4.69, 9.17) is 9.47 Å². The van der Waals surface area contributed by atoms with Gasteiger partial charge >= 0.3 is 0 Å². The standard InChI is InChI=1S/C63H47N3O2/c1-67-54-36-28-49(29-37-54)62-63(59-15-7-11-46-9-3-5-13-56(46)59)66(62)53-32-22-44(23-33-53)19-25-48-26-27-50-41-45(24-40-57(50)60(48)42-64)18-17-43-20-30-51(31-21-43)65(52-34-38-55(68-2)39-35-52)61-16-8-12-47-10-4-6-14-58(47)61/h3-41,62-63H,1-2H3/b18-17-,25-19+. The molecule has 2 atom stereocenters. The van der Waals surface area contributed by atoms with Crippen LogP contribution >= 0.6 is 0 Å². The molecular weight excluding hydrogens is 831 g/mol. The van der Waals surface area contributed by atoms with Gasteiger partial charge in [-0.25, -0.2) is 0 Å². The predicted octanol–water partition coefficient (Wildman–Crippen LogP) is 16.1. The molecule has 326 valence electrons. The average Bonchev–Trinajstić information content (AvgIpc) is 4.15. The molecule has 1 saturated heterocycles. The smallest absolute Gasteiger partial charge is 0.119 e. The van der Waals surface area contributed by atoms with Crippen molar-refractivity contribution in [1.29, 1.82) is 5.26 Å². The van der Waals surface area contributed by atoms with E-state index in [2.05, 4.69) is 222 Å². The molecule has 0 saturated carbocycles. The molecule has 1 fully saturated rings. The van der Waals surface area contributed by atoms with E-state index in [1.165, 1.54) is 38.4 Å². The van der Waals surface area contributed by atoms with Gasteiger partial charge in [-0.3, -0.25) is 0 Å². The molecule has 0 N–H and O–H groups in total. The van der Waals surface area contributed by atoms with Crippen LogP contribution in [-0.2, 0) is 0 Å². The van der Waals surface area contributed by atoms with Crippen molar-refractivity contribution in [2.75, 3.05) is 24.0 Å². The van der Waals surface area contributed by atoms with Crippen molar-refractivity contribution >= 4 is 79.4 Å². The van der Waals surface area contributed by atoms with Gasteiger partial charge in [0.25, 0.3) is 0 Å².